The minimum atomic E-state index is 0.279. The molecule has 4 N–H and O–H groups in total. The number of aromatic amines is 2. The summed E-state index contributed by atoms with van der Waals surface area (Å²) in [5.74, 6) is 0.874. The van der Waals surface area contributed by atoms with Crippen LogP contribution in [0.4, 0.5) is 5.82 Å². The summed E-state index contributed by atoms with van der Waals surface area (Å²) < 4.78 is 0. The van der Waals surface area contributed by atoms with Crippen molar-refractivity contribution in [3.05, 3.63) is 55.1 Å². The monoisotopic (exact) mass is 410 g/mol. The predicted molar refractivity (Wildman–Crippen MR) is 122 cm³/mol. The van der Waals surface area contributed by atoms with E-state index in [9.17, 15) is 0 Å². The van der Waals surface area contributed by atoms with E-state index in [1.165, 1.54) is 0 Å². The molecule has 31 heavy (non-hydrogen) atoms. The lowest BCUT2D eigenvalue weighted by molar-refractivity contribution is 0.498. The molecule has 8 heteroatoms. The third-order valence-corrected chi connectivity index (χ3v) is 6.02. The molecule has 154 valence electrons. The number of rotatable bonds is 3. The highest BCUT2D eigenvalue weighted by Gasteiger charge is 2.19. The Morgan fingerprint density at radius 1 is 1.00 bits per heavy atom. The van der Waals surface area contributed by atoms with Gasteiger partial charge in [-0.05, 0) is 42.7 Å². The molecular formula is C23H22N8. The van der Waals surface area contributed by atoms with Gasteiger partial charge in [-0.3, -0.25) is 10.1 Å². The molecule has 0 bridgehead atoms. The van der Waals surface area contributed by atoms with E-state index in [-0.39, 0.29) is 6.04 Å². The first kappa shape index (κ1) is 18.0. The lowest BCUT2D eigenvalue weighted by Crippen LogP contribution is -2.40. The number of anilines is 1. The Bertz CT molecular complexity index is 1380. The van der Waals surface area contributed by atoms with Gasteiger partial charge in [0.05, 0.1) is 17.9 Å². The Balaban J connectivity index is 1.39. The van der Waals surface area contributed by atoms with Crippen molar-refractivity contribution >= 4 is 27.8 Å². The van der Waals surface area contributed by atoms with Gasteiger partial charge >= 0.3 is 0 Å². The van der Waals surface area contributed by atoms with Gasteiger partial charge in [0.25, 0.3) is 0 Å². The molecule has 0 saturated carbocycles. The number of hydrogen-bond acceptors (Lipinski definition) is 6. The van der Waals surface area contributed by atoms with E-state index >= 15 is 0 Å². The molecule has 1 aromatic carbocycles. The van der Waals surface area contributed by atoms with E-state index in [1.54, 1.807) is 6.20 Å². The van der Waals surface area contributed by atoms with Crippen LogP contribution in [0.3, 0.4) is 0 Å². The number of piperidine rings is 1. The van der Waals surface area contributed by atoms with Gasteiger partial charge in [-0.2, -0.15) is 5.10 Å². The molecule has 1 aliphatic rings. The molecule has 6 rings (SSSR count). The predicted octanol–water partition coefficient (Wildman–Crippen LogP) is 3.49. The largest absolute Gasteiger partial charge is 0.355 e. The van der Waals surface area contributed by atoms with Crippen LogP contribution in [0.1, 0.15) is 12.8 Å². The van der Waals surface area contributed by atoms with Crippen molar-refractivity contribution in [1.82, 2.24) is 30.1 Å². The maximum absolute atomic E-state index is 6.05. The average molecular weight is 410 g/mol. The first-order valence-electron chi connectivity index (χ1n) is 10.5. The normalized spacial score (nSPS) is 15.2. The van der Waals surface area contributed by atoms with Crippen molar-refractivity contribution in [2.75, 3.05) is 18.0 Å². The van der Waals surface area contributed by atoms with Gasteiger partial charge in [0.15, 0.2) is 0 Å². The Kier molecular flexibility index (Phi) is 4.17. The van der Waals surface area contributed by atoms with Crippen molar-refractivity contribution in [2.45, 2.75) is 18.9 Å². The van der Waals surface area contributed by atoms with Crippen molar-refractivity contribution < 1.29 is 0 Å². The SMILES string of the molecule is NC1CCN(c2cncc(-c3n[nH]c4ccc(-c5cnc6[nH]ccc6c5)cc34)n2)CC1. The van der Waals surface area contributed by atoms with Crippen LogP contribution in [-0.2, 0) is 0 Å². The fourth-order valence-corrected chi connectivity index (χ4v) is 4.24. The molecular weight excluding hydrogens is 388 g/mol. The number of nitrogens with zero attached hydrogens (tertiary/aromatic N) is 5. The van der Waals surface area contributed by atoms with E-state index in [4.69, 9.17) is 10.7 Å². The lowest BCUT2D eigenvalue weighted by Gasteiger charge is -2.30. The summed E-state index contributed by atoms with van der Waals surface area (Å²) in [4.78, 5) is 19.2. The highest BCUT2D eigenvalue weighted by atomic mass is 15.2. The second-order valence-electron chi connectivity index (χ2n) is 8.06. The number of fused-ring (bicyclic) bond motifs is 2. The maximum Gasteiger partial charge on any atom is 0.147 e. The zero-order valence-electron chi connectivity index (χ0n) is 16.9. The van der Waals surface area contributed by atoms with E-state index in [1.807, 2.05) is 30.7 Å². The van der Waals surface area contributed by atoms with E-state index in [0.29, 0.717) is 0 Å². The van der Waals surface area contributed by atoms with Gasteiger partial charge in [0.2, 0.25) is 0 Å². The summed E-state index contributed by atoms with van der Waals surface area (Å²) in [6.45, 7) is 1.80. The Morgan fingerprint density at radius 2 is 1.90 bits per heavy atom. The zero-order chi connectivity index (χ0) is 20.8. The average Bonchev–Trinajstić information content (AvgIpc) is 3.45. The van der Waals surface area contributed by atoms with Crippen molar-refractivity contribution in [1.29, 1.82) is 0 Å². The first-order valence-corrected chi connectivity index (χ1v) is 10.5. The lowest BCUT2D eigenvalue weighted by atomic mass is 10.0. The fourth-order valence-electron chi connectivity index (χ4n) is 4.24. The van der Waals surface area contributed by atoms with Gasteiger partial charge in [-0.25, -0.2) is 9.97 Å². The maximum atomic E-state index is 6.05. The molecule has 0 spiro atoms. The number of benzene rings is 1. The number of nitrogens with two attached hydrogens (primary N) is 1. The summed E-state index contributed by atoms with van der Waals surface area (Å²) in [5, 5.41) is 9.78. The molecule has 4 aromatic heterocycles. The summed E-state index contributed by atoms with van der Waals surface area (Å²) >= 11 is 0. The molecule has 1 saturated heterocycles. The standard InChI is InChI=1S/C23H22N8/c24-17-4-7-31(8-5-17)21-13-25-12-20(28-21)22-18-10-14(1-2-19(18)29-30-22)16-9-15-3-6-26-23(15)27-11-16/h1-3,6,9-13,17H,4-5,7-8,24H2,(H,26,27)(H,29,30). The molecule has 0 atom stereocenters. The number of hydrogen-bond donors (Lipinski definition) is 3. The van der Waals surface area contributed by atoms with Crippen LogP contribution in [0, 0.1) is 0 Å². The van der Waals surface area contributed by atoms with Gasteiger partial charge in [-0.1, -0.05) is 6.07 Å². The molecule has 8 nitrogen and oxygen atoms in total. The number of H-pyrrole nitrogens is 2. The molecule has 5 heterocycles. The van der Waals surface area contributed by atoms with Crippen molar-refractivity contribution in [3.63, 3.8) is 0 Å². The van der Waals surface area contributed by atoms with Gasteiger partial charge in [-0.15, -0.1) is 0 Å². The van der Waals surface area contributed by atoms with Crippen LogP contribution in [0.15, 0.2) is 55.1 Å². The van der Waals surface area contributed by atoms with E-state index in [2.05, 4.69) is 48.2 Å². The van der Waals surface area contributed by atoms with Crippen LogP contribution in [0.25, 0.3) is 44.5 Å². The first-order chi connectivity index (χ1) is 15.2. The van der Waals surface area contributed by atoms with E-state index in [0.717, 1.165) is 76.2 Å². The Hall–Kier alpha value is -3.78. The number of pyridine rings is 1. The highest BCUT2D eigenvalue weighted by Crippen LogP contribution is 2.31. The summed E-state index contributed by atoms with van der Waals surface area (Å²) in [6.07, 6.45) is 9.33. The minimum absolute atomic E-state index is 0.279. The third-order valence-electron chi connectivity index (χ3n) is 6.02. The fraction of sp³-hybridized carbons (Fsp3) is 0.217. The smallest absolute Gasteiger partial charge is 0.147 e. The minimum Gasteiger partial charge on any atom is -0.355 e. The molecule has 1 fully saturated rings. The van der Waals surface area contributed by atoms with Crippen LogP contribution in [-0.4, -0.2) is 49.3 Å². The quantitative estimate of drug-likeness (QED) is 0.420. The molecule has 0 unspecified atom stereocenters. The van der Waals surface area contributed by atoms with Crippen LogP contribution in [0.2, 0.25) is 0 Å². The van der Waals surface area contributed by atoms with Crippen LogP contribution >= 0.6 is 0 Å². The molecule has 0 aliphatic carbocycles. The van der Waals surface area contributed by atoms with Gasteiger partial charge < -0.3 is 15.6 Å². The second-order valence-corrected chi connectivity index (χ2v) is 8.06. The topological polar surface area (TPSA) is 112 Å². The van der Waals surface area contributed by atoms with Crippen molar-refractivity contribution in [3.8, 4) is 22.5 Å². The number of aromatic nitrogens is 6. The van der Waals surface area contributed by atoms with Crippen LogP contribution in [0.5, 0.6) is 0 Å². The van der Waals surface area contributed by atoms with E-state index < -0.39 is 0 Å². The number of nitrogens with one attached hydrogen (secondary N) is 2. The zero-order valence-corrected chi connectivity index (χ0v) is 16.9. The van der Waals surface area contributed by atoms with Gasteiger partial charge in [0.1, 0.15) is 22.9 Å². The molecule has 0 amide bonds. The molecule has 5 aromatic rings. The Morgan fingerprint density at radius 3 is 2.81 bits per heavy atom. The highest BCUT2D eigenvalue weighted by molar-refractivity contribution is 5.95. The summed E-state index contributed by atoms with van der Waals surface area (Å²) in [5.41, 5.74) is 11.6. The summed E-state index contributed by atoms with van der Waals surface area (Å²) in [6, 6.07) is 10.7. The Labute approximate surface area is 178 Å². The molecule has 1 aliphatic heterocycles. The van der Waals surface area contributed by atoms with Crippen LogP contribution < -0.4 is 10.6 Å². The van der Waals surface area contributed by atoms with Crippen molar-refractivity contribution in [2.24, 2.45) is 5.73 Å². The second kappa shape index (κ2) is 7.17. The van der Waals surface area contributed by atoms with Gasteiger partial charge in [0, 0.05) is 47.9 Å². The molecule has 0 radical (unpaired) electrons. The third kappa shape index (κ3) is 3.21. The summed E-state index contributed by atoms with van der Waals surface area (Å²) in [7, 11) is 0.